The molecular formula is C79H62IrN2S-2. The van der Waals surface area contributed by atoms with E-state index in [0.717, 1.165) is 39.3 Å². The molecule has 2 aromatic heterocycles. The van der Waals surface area contributed by atoms with Gasteiger partial charge in [-0.1, -0.05) is 238 Å². The topological polar surface area (TPSA) is 25.8 Å². The molecule has 83 heavy (non-hydrogen) atoms. The summed E-state index contributed by atoms with van der Waals surface area (Å²) in [6.45, 7) is 4.66. The molecule has 405 valence electrons. The van der Waals surface area contributed by atoms with E-state index in [1.807, 2.05) is 12.1 Å². The summed E-state index contributed by atoms with van der Waals surface area (Å²) < 4.78 is 1.20. The molecule has 0 fully saturated rings. The normalized spacial score (nSPS) is 12.0. The Morgan fingerprint density at radius 2 is 0.940 bits per heavy atom. The van der Waals surface area contributed by atoms with Gasteiger partial charge in [0.1, 0.15) is 0 Å². The second kappa shape index (κ2) is 24.8. The predicted molar refractivity (Wildman–Crippen MR) is 347 cm³/mol. The average molecular weight is 1260 g/mol. The third kappa shape index (κ3) is 12.0. The Bertz CT molecular complexity index is 4340. The number of aromatic nitrogens is 2. The van der Waals surface area contributed by atoms with Crippen molar-refractivity contribution in [3.05, 3.63) is 301 Å². The van der Waals surface area contributed by atoms with Crippen molar-refractivity contribution in [2.24, 2.45) is 0 Å². The number of hydrogen-bond acceptors (Lipinski definition) is 3. The van der Waals surface area contributed by atoms with Crippen LogP contribution in [-0.4, -0.2) is 9.97 Å². The quantitative estimate of drug-likeness (QED) is 0.0801. The molecule has 14 rings (SSSR count). The predicted octanol–water partition coefficient (Wildman–Crippen LogP) is 21.4. The molecule has 1 radical (unpaired) electrons. The molecule has 0 bridgehead atoms. The second-order valence-electron chi connectivity index (χ2n) is 22.1. The van der Waals surface area contributed by atoms with Gasteiger partial charge in [-0.3, -0.25) is 9.97 Å². The number of unbranched alkanes of at least 4 members (excludes halogenated alkanes) is 3. The number of thiazole rings is 1. The average Bonchev–Trinajstić information content (AvgIpc) is 2.72. The number of fused-ring (bicyclic) bond motifs is 5. The van der Waals surface area contributed by atoms with Gasteiger partial charge in [-0.15, -0.1) is 64.7 Å². The van der Waals surface area contributed by atoms with Crippen LogP contribution in [0.2, 0.25) is 0 Å². The number of aryl methyl sites for hydroxylation is 2. The van der Waals surface area contributed by atoms with Crippen molar-refractivity contribution < 1.29 is 20.1 Å². The fourth-order valence-electron chi connectivity index (χ4n) is 11.9. The van der Waals surface area contributed by atoms with Gasteiger partial charge in [-0.25, -0.2) is 0 Å². The summed E-state index contributed by atoms with van der Waals surface area (Å²) in [7, 11) is 0. The monoisotopic (exact) mass is 1260 g/mol. The second-order valence-corrected chi connectivity index (χ2v) is 23.1. The van der Waals surface area contributed by atoms with Crippen LogP contribution >= 0.6 is 11.3 Å². The third-order valence-corrected chi connectivity index (χ3v) is 17.4. The van der Waals surface area contributed by atoms with Crippen molar-refractivity contribution in [2.75, 3.05) is 0 Å². The van der Waals surface area contributed by atoms with Gasteiger partial charge in [0.05, 0.1) is 11.0 Å². The smallest absolute Gasteiger partial charge is 0.0697 e. The molecule has 4 heteroatoms. The van der Waals surface area contributed by atoms with Crippen LogP contribution in [0.1, 0.15) is 61.8 Å². The van der Waals surface area contributed by atoms with E-state index in [1.165, 1.54) is 131 Å². The van der Waals surface area contributed by atoms with E-state index < -0.39 is 0 Å². The molecular weight excluding hydrogens is 1200 g/mol. The summed E-state index contributed by atoms with van der Waals surface area (Å²) >= 11 is 1.71. The molecule has 0 spiro atoms. The van der Waals surface area contributed by atoms with Crippen molar-refractivity contribution in [3.63, 3.8) is 0 Å². The Labute approximate surface area is 506 Å². The molecule has 0 N–H and O–H groups in total. The van der Waals surface area contributed by atoms with E-state index in [2.05, 4.69) is 281 Å². The Morgan fingerprint density at radius 1 is 0.373 bits per heavy atom. The summed E-state index contributed by atoms with van der Waals surface area (Å²) in [5.41, 5.74) is 25.3. The van der Waals surface area contributed by atoms with Gasteiger partial charge in [0, 0.05) is 35.2 Å². The maximum absolute atomic E-state index is 5.26. The van der Waals surface area contributed by atoms with Crippen LogP contribution < -0.4 is 0 Å². The van der Waals surface area contributed by atoms with Crippen LogP contribution in [0.5, 0.6) is 0 Å². The van der Waals surface area contributed by atoms with Gasteiger partial charge in [0.2, 0.25) is 0 Å². The zero-order chi connectivity index (χ0) is 55.2. The van der Waals surface area contributed by atoms with Gasteiger partial charge < -0.3 is 0 Å². The minimum absolute atomic E-state index is 0. The van der Waals surface area contributed by atoms with Gasteiger partial charge in [0.25, 0.3) is 0 Å². The standard InChI is InChI=1S/C48H42N.C31H20NS.Ir/c1-48(2)44-25-14-13-24-40(44)41-28-26-39(32-45(41)48)47-33-42(36-21-11-6-12-22-36)43-31-38(27-29-46(43)49-47)37-23-15-20-35(30-37)19-8-4-3-7-16-34-17-9-5-10-18-34;1-2-9-22(10-3-1)23-11-6-12-24(19-23)25-13-7-14-26(20-25)27-15-8-16-28(21-27)31-32-29-17-4-5-18-30(29)33-31;/h5-6,9-15,17-18,20-25,27-33H,3-4,7-8,16,19H2,1-2H3;1-15,17-21H;/q2*-1;. The van der Waals surface area contributed by atoms with Gasteiger partial charge in [-0.2, -0.15) is 11.3 Å². The first-order valence-electron chi connectivity index (χ1n) is 28.8. The van der Waals surface area contributed by atoms with E-state index >= 15 is 0 Å². The first kappa shape index (κ1) is 54.9. The van der Waals surface area contributed by atoms with Crippen molar-refractivity contribution in [3.8, 4) is 88.6 Å². The Kier molecular flexibility index (Phi) is 16.4. The fraction of sp³-hybridized carbons (Fsp3) is 0.114. The van der Waals surface area contributed by atoms with E-state index in [0.29, 0.717) is 0 Å². The fourth-order valence-corrected chi connectivity index (χ4v) is 12.8. The molecule has 0 amide bonds. The number of rotatable bonds is 14. The van der Waals surface area contributed by atoms with Crippen LogP contribution in [0.4, 0.5) is 0 Å². The van der Waals surface area contributed by atoms with E-state index in [-0.39, 0.29) is 25.5 Å². The number of benzene rings is 11. The first-order chi connectivity index (χ1) is 40.4. The molecule has 0 saturated heterocycles. The summed E-state index contributed by atoms with van der Waals surface area (Å²) in [6, 6.07) is 103. The van der Waals surface area contributed by atoms with E-state index in [4.69, 9.17) is 9.97 Å². The Balaban J connectivity index is 0.000000174. The van der Waals surface area contributed by atoms with Gasteiger partial charge in [0.15, 0.2) is 0 Å². The van der Waals surface area contributed by atoms with Crippen LogP contribution in [0.15, 0.2) is 267 Å². The minimum atomic E-state index is -0.0688. The maximum Gasteiger partial charge on any atom is 0.0697 e. The zero-order valence-electron chi connectivity index (χ0n) is 46.8. The molecule has 13 aromatic rings. The third-order valence-electron chi connectivity index (χ3n) is 16.3. The van der Waals surface area contributed by atoms with E-state index in [1.54, 1.807) is 11.3 Å². The van der Waals surface area contributed by atoms with Crippen LogP contribution in [0, 0.1) is 12.1 Å². The summed E-state index contributed by atoms with van der Waals surface area (Å²) in [5.74, 6) is 0. The molecule has 0 saturated carbocycles. The molecule has 2 nitrogen and oxygen atoms in total. The molecule has 0 unspecified atom stereocenters. The molecule has 1 aliphatic carbocycles. The number of hydrogen-bond donors (Lipinski definition) is 0. The summed E-state index contributed by atoms with van der Waals surface area (Å²) in [6.07, 6.45) is 7.34. The zero-order valence-corrected chi connectivity index (χ0v) is 50.0. The van der Waals surface area contributed by atoms with Crippen molar-refractivity contribution in [2.45, 2.75) is 57.8 Å². The maximum atomic E-state index is 5.26. The van der Waals surface area contributed by atoms with Crippen molar-refractivity contribution >= 4 is 32.5 Å². The van der Waals surface area contributed by atoms with Crippen LogP contribution in [-0.2, 0) is 38.4 Å². The minimum Gasteiger partial charge on any atom is -0.296 e. The Hall–Kier alpha value is -8.63. The number of para-hydroxylation sites is 1. The number of pyridine rings is 1. The molecule has 11 aromatic carbocycles. The molecule has 0 atom stereocenters. The van der Waals surface area contributed by atoms with Crippen LogP contribution in [0.3, 0.4) is 0 Å². The summed E-state index contributed by atoms with van der Waals surface area (Å²) in [4.78, 5) is 10.1. The first-order valence-corrected chi connectivity index (χ1v) is 29.6. The SMILES string of the molecule is CC1(C)c2ccccc2-c2c[c-]c(-c3cc(-c4ccccc4)c4cc(-c5cccc(CCCCCCc6ccccc6)c5)ccc4n3)cc21.[Ir].[c-]1ccc(-c2cccc(-c3cccc(-c4ccccc4)c3)c2)cc1-c1nc2ccccc2s1. The molecule has 2 heterocycles. The largest absolute Gasteiger partial charge is 0.296 e. The molecule has 0 aliphatic heterocycles. The van der Waals surface area contributed by atoms with Crippen LogP contribution in [0.25, 0.3) is 110 Å². The summed E-state index contributed by atoms with van der Waals surface area (Å²) in [5, 5.41) is 2.18. The van der Waals surface area contributed by atoms with Gasteiger partial charge >= 0.3 is 0 Å². The van der Waals surface area contributed by atoms with Gasteiger partial charge in [-0.05, 0) is 140 Å². The molecule has 1 aliphatic rings. The number of nitrogens with zero attached hydrogens (tertiary/aromatic N) is 2. The van der Waals surface area contributed by atoms with Crippen molar-refractivity contribution in [1.82, 2.24) is 9.97 Å². The Morgan fingerprint density at radius 3 is 1.66 bits per heavy atom. The van der Waals surface area contributed by atoms with Crippen molar-refractivity contribution in [1.29, 1.82) is 0 Å². The van der Waals surface area contributed by atoms with E-state index in [9.17, 15) is 0 Å².